The molecule has 6 nitrogen and oxygen atoms in total. The lowest BCUT2D eigenvalue weighted by molar-refractivity contribution is 0.102. The van der Waals surface area contributed by atoms with Gasteiger partial charge in [-0.3, -0.25) is 10.1 Å². The lowest BCUT2D eigenvalue weighted by Crippen LogP contribution is -2.12. The molecule has 0 unspecified atom stereocenters. The zero-order chi connectivity index (χ0) is 18.1. The summed E-state index contributed by atoms with van der Waals surface area (Å²) in [6, 6.07) is 11.7. The number of carbonyl (C=O) groups excluding carboxylic acids is 1. The highest BCUT2D eigenvalue weighted by atomic mass is 32.1. The lowest BCUT2D eigenvalue weighted by Gasteiger charge is -2.01. The van der Waals surface area contributed by atoms with Crippen molar-refractivity contribution in [3.8, 4) is 0 Å². The van der Waals surface area contributed by atoms with Crippen LogP contribution in [0, 0.1) is 13.8 Å². The number of para-hydroxylation sites is 1. The average molecular weight is 381 g/mol. The third-order valence-corrected chi connectivity index (χ3v) is 5.40. The predicted molar refractivity (Wildman–Crippen MR) is 107 cm³/mol. The number of nitrogens with one attached hydrogen (secondary N) is 2. The minimum atomic E-state index is -0.275. The van der Waals surface area contributed by atoms with Gasteiger partial charge in [-0.2, -0.15) is 0 Å². The second kappa shape index (κ2) is 6.81. The van der Waals surface area contributed by atoms with E-state index in [1.807, 2.05) is 50.2 Å². The van der Waals surface area contributed by atoms with Crippen LogP contribution in [0.25, 0.3) is 10.2 Å². The fraction of sp³-hybridized carbons (Fsp3) is 0.111. The highest BCUT2D eigenvalue weighted by Crippen LogP contribution is 2.28. The number of thiazole rings is 2. The van der Waals surface area contributed by atoms with Crippen LogP contribution in [0.1, 0.15) is 21.7 Å². The largest absolute Gasteiger partial charge is 0.316 e. The molecule has 130 valence electrons. The second-order valence-corrected chi connectivity index (χ2v) is 7.61. The molecule has 26 heavy (non-hydrogen) atoms. The number of hydrogen-bond donors (Lipinski definition) is 2. The van der Waals surface area contributed by atoms with Gasteiger partial charge in [0.15, 0.2) is 10.3 Å². The Balaban J connectivity index is 1.49. The fourth-order valence-corrected chi connectivity index (χ4v) is 4.09. The highest BCUT2D eigenvalue weighted by molar-refractivity contribution is 7.22. The molecule has 3 aromatic heterocycles. The molecule has 0 bridgehead atoms. The van der Waals surface area contributed by atoms with Gasteiger partial charge in [-0.15, -0.1) is 11.3 Å². The predicted octanol–water partition coefficient (Wildman–Crippen LogP) is 4.76. The maximum Gasteiger partial charge on any atom is 0.276 e. The molecule has 8 heteroatoms. The van der Waals surface area contributed by atoms with Gasteiger partial charge in [0.05, 0.1) is 10.2 Å². The first-order valence-electron chi connectivity index (χ1n) is 7.92. The fourth-order valence-electron chi connectivity index (χ4n) is 2.46. The van der Waals surface area contributed by atoms with Crippen molar-refractivity contribution >= 4 is 54.9 Å². The van der Waals surface area contributed by atoms with E-state index < -0.39 is 0 Å². The molecule has 3 heterocycles. The van der Waals surface area contributed by atoms with Crippen LogP contribution in [-0.2, 0) is 0 Å². The molecule has 4 aromatic rings. The number of hydrogen-bond acceptors (Lipinski definition) is 7. The van der Waals surface area contributed by atoms with Gasteiger partial charge < -0.3 is 5.32 Å². The number of aryl methyl sites for hydroxylation is 2. The van der Waals surface area contributed by atoms with Gasteiger partial charge in [0.2, 0.25) is 0 Å². The SMILES string of the molecule is Cc1cccc(Nc2nc(C(=O)Nc3nc4c(C)cccc4s3)cs2)n1. The van der Waals surface area contributed by atoms with E-state index in [2.05, 4.69) is 25.6 Å². The van der Waals surface area contributed by atoms with Crippen molar-refractivity contribution in [1.29, 1.82) is 0 Å². The van der Waals surface area contributed by atoms with Crippen molar-refractivity contribution in [3.63, 3.8) is 0 Å². The summed E-state index contributed by atoms with van der Waals surface area (Å²) in [7, 11) is 0. The van der Waals surface area contributed by atoms with E-state index in [0.717, 1.165) is 21.5 Å². The monoisotopic (exact) mass is 381 g/mol. The zero-order valence-corrected chi connectivity index (χ0v) is 15.7. The number of anilines is 3. The van der Waals surface area contributed by atoms with E-state index in [-0.39, 0.29) is 5.91 Å². The van der Waals surface area contributed by atoms with Crippen LogP contribution in [0.4, 0.5) is 16.1 Å². The highest BCUT2D eigenvalue weighted by Gasteiger charge is 2.14. The standard InChI is InChI=1S/C18H15N5OS2/c1-10-5-3-7-13-15(10)22-18(26-13)23-16(24)12-9-25-17(20-12)21-14-8-4-6-11(2)19-14/h3-9H,1-2H3,(H,19,20,21)(H,22,23,24). The number of benzene rings is 1. The number of fused-ring (bicyclic) bond motifs is 1. The van der Waals surface area contributed by atoms with Crippen molar-refractivity contribution in [1.82, 2.24) is 15.0 Å². The third-order valence-electron chi connectivity index (χ3n) is 3.70. The molecule has 0 aliphatic heterocycles. The molecule has 0 aliphatic carbocycles. The summed E-state index contributed by atoms with van der Waals surface area (Å²) >= 11 is 2.81. The summed E-state index contributed by atoms with van der Waals surface area (Å²) in [5.74, 6) is 0.427. The molecule has 0 aliphatic rings. The van der Waals surface area contributed by atoms with Crippen molar-refractivity contribution < 1.29 is 4.79 Å². The topological polar surface area (TPSA) is 79.8 Å². The number of nitrogens with zero attached hydrogens (tertiary/aromatic N) is 3. The van der Waals surface area contributed by atoms with Crippen molar-refractivity contribution in [2.75, 3.05) is 10.6 Å². The van der Waals surface area contributed by atoms with E-state index in [0.29, 0.717) is 21.8 Å². The van der Waals surface area contributed by atoms with Crippen LogP contribution in [0.5, 0.6) is 0 Å². The molecule has 0 fully saturated rings. The summed E-state index contributed by atoms with van der Waals surface area (Å²) in [6.45, 7) is 3.93. The summed E-state index contributed by atoms with van der Waals surface area (Å²) in [4.78, 5) is 25.7. The van der Waals surface area contributed by atoms with Gasteiger partial charge in [-0.1, -0.05) is 29.5 Å². The van der Waals surface area contributed by atoms with Gasteiger partial charge in [0.25, 0.3) is 5.91 Å². The quantitative estimate of drug-likeness (QED) is 0.533. The maximum atomic E-state index is 12.5. The molecule has 0 saturated carbocycles. The molecule has 4 rings (SSSR count). The first kappa shape index (κ1) is 16.6. The van der Waals surface area contributed by atoms with E-state index in [4.69, 9.17) is 0 Å². The Labute approximate surface area is 158 Å². The van der Waals surface area contributed by atoms with Crippen LogP contribution < -0.4 is 10.6 Å². The smallest absolute Gasteiger partial charge is 0.276 e. The first-order chi connectivity index (χ1) is 12.6. The van der Waals surface area contributed by atoms with Crippen LogP contribution in [0.2, 0.25) is 0 Å². The third kappa shape index (κ3) is 3.42. The molecular formula is C18H15N5OS2. The number of rotatable bonds is 4. The minimum absolute atomic E-state index is 0.275. The molecule has 0 radical (unpaired) electrons. The number of amides is 1. The summed E-state index contributed by atoms with van der Waals surface area (Å²) < 4.78 is 1.05. The van der Waals surface area contributed by atoms with Crippen LogP contribution >= 0.6 is 22.7 Å². The lowest BCUT2D eigenvalue weighted by atomic mass is 10.2. The Bertz CT molecular complexity index is 1100. The van der Waals surface area contributed by atoms with E-state index in [1.165, 1.54) is 22.7 Å². The average Bonchev–Trinajstić information content (AvgIpc) is 3.22. The molecular weight excluding hydrogens is 366 g/mol. The zero-order valence-electron chi connectivity index (χ0n) is 14.1. The van der Waals surface area contributed by atoms with E-state index >= 15 is 0 Å². The molecule has 0 saturated heterocycles. The Hall–Kier alpha value is -2.84. The molecule has 0 spiro atoms. The number of aromatic nitrogens is 3. The maximum absolute atomic E-state index is 12.5. The molecule has 1 amide bonds. The summed E-state index contributed by atoms with van der Waals surface area (Å²) in [6.07, 6.45) is 0. The van der Waals surface area contributed by atoms with Crippen molar-refractivity contribution in [2.24, 2.45) is 0 Å². The van der Waals surface area contributed by atoms with Crippen LogP contribution in [-0.4, -0.2) is 20.9 Å². The van der Waals surface area contributed by atoms with Gasteiger partial charge in [-0.25, -0.2) is 15.0 Å². The summed E-state index contributed by atoms with van der Waals surface area (Å²) in [5, 5.41) is 8.85. The number of pyridine rings is 1. The molecule has 0 atom stereocenters. The van der Waals surface area contributed by atoms with E-state index in [9.17, 15) is 4.79 Å². The Morgan fingerprint density at radius 2 is 1.85 bits per heavy atom. The van der Waals surface area contributed by atoms with Gasteiger partial charge >= 0.3 is 0 Å². The van der Waals surface area contributed by atoms with Crippen molar-refractivity contribution in [2.45, 2.75) is 13.8 Å². The molecule has 2 N–H and O–H groups in total. The normalized spacial score (nSPS) is 10.8. The van der Waals surface area contributed by atoms with E-state index in [1.54, 1.807) is 5.38 Å². The Kier molecular flexibility index (Phi) is 4.36. The second-order valence-electron chi connectivity index (χ2n) is 5.72. The minimum Gasteiger partial charge on any atom is -0.316 e. The van der Waals surface area contributed by atoms with Crippen molar-refractivity contribution in [3.05, 3.63) is 58.7 Å². The summed E-state index contributed by atoms with van der Waals surface area (Å²) in [5.41, 5.74) is 3.26. The van der Waals surface area contributed by atoms with Gasteiger partial charge in [-0.05, 0) is 37.6 Å². The van der Waals surface area contributed by atoms with Gasteiger partial charge in [0, 0.05) is 11.1 Å². The van der Waals surface area contributed by atoms with Crippen LogP contribution in [0.3, 0.4) is 0 Å². The Morgan fingerprint density at radius 3 is 2.65 bits per heavy atom. The first-order valence-corrected chi connectivity index (χ1v) is 9.62. The van der Waals surface area contributed by atoms with Gasteiger partial charge in [0.1, 0.15) is 11.5 Å². The Morgan fingerprint density at radius 1 is 1.00 bits per heavy atom. The van der Waals surface area contributed by atoms with Crippen LogP contribution in [0.15, 0.2) is 41.8 Å². The number of carbonyl (C=O) groups is 1. The molecule has 1 aromatic carbocycles.